The maximum absolute atomic E-state index is 2.39. The van der Waals surface area contributed by atoms with Crippen molar-refractivity contribution in [1.29, 1.82) is 0 Å². The molecular weight excluding hydrogens is 553 g/mol. The van der Waals surface area contributed by atoms with Crippen LogP contribution in [0.3, 0.4) is 0 Å². The largest absolute Gasteiger partial charge is 0.0622 e. The zero-order valence-electron chi connectivity index (χ0n) is 25.3. The van der Waals surface area contributed by atoms with E-state index >= 15 is 0 Å². The van der Waals surface area contributed by atoms with E-state index in [0.29, 0.717) is 0 Å². The van der Waals surface area contributed by atoms with Crippen molar-refractivity contribution in [3.8, 4) is 44.5 Å². The second-order valence-corrected chi connectivity index (χ2v) is 12.1. The van der Waals surface area contributed by atoms with E-state index in [2.05, 4.69) is 182 Å². The summed E-state index contributed by atoms with van der Waals surface area (Å²) in [6.07, 6.45) is 0. The summed E-state index contributed by atoms with van der Waals surface area (Å²) in [7, 11) is 0. The third-order valence-electron chi connectivity index (χ3n) is 9.45. The van der Waals surface area contributed by atoms with Crippen molar-refractivity contribution < 1.29 is 0 Å². The van der Waals surface area contributed by atoms with Gasteiger partial charge >= 0.3 is 0 Å². The van der Waals surface area contributed by atoms with Crippen LogP contribution in [-0.2, 0) is 0 Å². The molecule has 0 N–H and O–H groups in total. The molecule has 46 heavy (non-hydrogen) atoms. The Labute approximate surface area is 268 Å². The molecule has 0 aliphatic carbocycles. The normalized spacial score (nSPS) is 11.5. The summed E-state index contributed by atoms with van der Waals surface area (Å²) >= 11 is 0. The summed E-state index contributed by atoms with van der Waals surface area (Å²) in [6, 6.07) is 66.6. The summed E-state index contributed by atoms with van der Waals surface area (Å²) in [5.41, 5.74) is 9.98. The topological polar surface area (TPSA) is 0 Å². The molecule has 9 aromatic carbocycles. The zero-order valence-corrected chi connectivity index (χ0v) is 25.3. The molecule has 0 fully saturated rings. The number of hydrogen-bond acceptors (Lipinski definition) is 0. The highest BCUT2D eigenvalue weighted by molar-refractivity contribution is 6.24. The van der Waals surface area contributed by atoms with E-state index in [4.69, 9.17) is 0 Å². The smallest absolute Gasteiger partial charge is 0.00201 e. The molecule has 0 aliphatic heterocycles. The van der Waals surface area contributed by atoms with Gasteiger partial charge in [-0.15, -0.1) is 0 Å². The Kier molecular flexibility index (Phi) is 6.25. The third-order valence-corrected chi connectivity index (χ3v) is 9.45. The van der Waals surface area contributed by atoms with Crippen LogP contribution in [0.2, 0.25) is 0 Å². The molecule has 0 aliphatic rings. The van der Waals surface area contributed by atoms with Gasteiger partial charge in [0.25, 0.3) is 0 Å². The lowest BCUT2D eigenvalue weighted by Gasteiger charge is -2.21. The lowest BCUT2D eigenvalue weighted by Crippen LogP contribution is -1.94. The molecular formula is C46H30. The van der Waals surface area contributed by atoms with Gasteiger partial charge in [0.2, 0.25) is 0 Å². The van der Waals surface area contributed by atoms with Crippen molar-refractivity contribution in [2.45, 2.75) is 0 Å². The molecule has 9 aromatic rings. The lowest BCUT2D eigenvalue weighted by molar-refractivity contribution is 1.59. The highest BCUT2D eigenvalue weighted by atomic mass is 14.2. The van der Waals surface area contributed by atoms with Crippen LogP contribution in [0.4, 0.5) is 0 Å². The molecule has 0 amide bonds. The van der Waals surface area contributed by atoms with Crippen molar-refractivity contribution in [2.24, 2.45) is 0 Å². The Morgan fingerprint density at radius 3 is 1.41 bits per heavy atom. The van der Waals surface area contributed by atoms with Crippen LogP contribution in [0, 0.1) is 0 Å². The minimum atomic E-state index is 1.21. The average Bonchev–Trinajstić information content (AvgIpc) is 3.13. The van der Waals surface area contributed by atoms with Gasteiger partial charge in [0, 0.05) is 0 Å². The van der Waals surface area contributed by atoms with Crippen molar-refractivity contribution in [3.63, 3.8) is 0 Å². The van der Waals surface area contributed by atoms with Crippen LogP contribution in [0.1, 0.15) is 0 Å². The highest BCUT2D eigenvalue weighted by Gasteiger charge is 2.20. The van der Waals surface area contributed by atoms with Crippen LogP contribution in [0.15, 0.2) is 182 Å². The van der Waals surface area contributed by atoms with Gasteiger partial charge in [-0.05, 0) is 99.7 Å². The molecule has 0 saturated heterocycles. The summed E-state index contributed by atoms with van der Waals surface area (Å²) in [5, 5.41) is 10.1. The minimum Gasteiger partial charge on any atom is -0.0622 e. The SMILES string of the molecule is c1ccc(-c2cc(-c3ccc4ccccc4c3)ccc2-c2c3ccccc3c(-c3cccc4ccccc34)c3ccccc23)cc1. The fraction of sp³-hybridized carbons (Fsp3) is 0. The Morgan fingerprint density at radius 1 is 0.217 bits per heavy atom. The van der Waals surface area contributed by atoms with Crippen molar-refractivity contribution in [2.75, 3.05) is 0 Å². The van der Waals surface area contributed by atoms with E-state index in [9.17, 15) is 0 Å². The number of rotatable bonds is 4. The summed E-state index contributed by atoms with van der Waals surface area (Å²) < 4.78 is 0. The number of fused-ring (bicyclic) bond motifs is 4. The van der Waals surface area contributed by atoms with Gasteiger partial charge in [-0.25, -0.2) is 0 Å². The molecule has 0 bridgehead atoms. The van der Waals surface area contributed by atoms with Crippen molar-refractivity contribution >= 4 is 43.1 Å². The molecule has 0 nitrogen and oxygen atoms in total. The van der Waals surface area contributed by atoms with Crippen molar-refractivity contribution in [3.05, 3.63) is 182 Å². The fourth-order valence-electron chi connectivity index (χ4n) is 7.32. The molecule has 9 rings (SSSR count). The number of benzene rings is 9. The first kappa shape index (κ1) is 26.4. The first-order valence-corrected chi connectivity index (χ1v) is 15.9. The van der Waals surface area contributed by atoms with Gasteiger partial charge in [0.15, 0.2) is 0 Å². The first-order valence-electron chi connectivity index (χ1n) is 15.9. The van der Waals surface area contributed by atoms with E-state index < -0.39 is 0 Å². The van der Waals surface area contributed by atoms with E-state index in [1.54, 1.807) is 0 Å². The molecule has 0 spiro atoms. The summed E-state index contributed by atoms with van der Waals surface area (Å²) in [5.74, 6) is 0. The lowest BCUT2D eigenvalue weighted by atomic mass is 9.82. The first-order chi connectivity index (χ1) is 22.8. The van der Waals surface area contributed by atoms with Gasteiger partial charge < -0.3 is 0 Å². The summed E-state index contributed by atoms with van der Waals surface area (Å²) in [4.78, 5) is 0. The van der Waals surface area contributed by atoms with Crippen LogP contribution < -0.4 is 0 Å². The second kappa shape index (κ2) is 10.9. The zero-order chi connectivity index (χ0) is 30.5. The minimum absolute atomic E-state index is 1.21. The van der Waals surface area contributed by atoms with Gasteiger partial charge in [0.1, 0.15) is 0 Å². The maximum atomic E-state index is 2.39. The Hall–Kier alpha value is -5.98. The third kappa shape index (κ3) is 4.30. The van der Waals surface area contributed by atoms with Crippen LogP contribution in [-0.4, -0.2) is 0 Å². The predicted molar refractivity (Wildman–Crippen MR) is 198 cm³/mol. The van der Waals surface area contributed by atoms with Crippen molar-refractivity contribution in [1.82, 2.24) is 0 Å². The second-order valence-electron chi connectivity index (χ2n) is 12.1. The Bertz CT molecular complexity index is 2510. The molecule has 0 unspecified atom stereocenters. The standard InChI is InChI=1S/C46H30/c1-2-14-33(15-3-1)44-30-36(35-26-25-31-13-4-5-17-34(31)29-35)27-28-43(44)46-41-22-10-8-20-39(41)45(40-21-9-11-23-42(40)46)38-24-12-18-32-16-6-7-19-37(32)38/h1-30H. The van der Waals surface area contributed by atoms with E-state index in [1.807, 2.05) is 0 Å². The molecule has 0 radical (unpaired) electrons. The Balaban J connectivity index is 1.36. The highest BCUT2D eigenvalue weighted by Crippen LogP contribution is 2.47. The van der Waals surface area contributed by atoms with Gasteiger partial charge in [-0.1, -0.05) is 170 Å². The molecule has 0 aromatic heterocycles. The predicted octanol–water partition coefficient (Wildman–Crippen LogP) is 13.0. The summed E-state index contributed by atoms with van der Waals surface area (Å²) in [6.45, 7) is 0. The van der Waals surface area contributed by atoms with Crippen LogP contribution in [0.5, 0.6) is 0 Å². The van der Waals surface area contributed by atoms with E-state index in [-0.39, 0.29) is 0 Å². The van der Waals surface area contributed by atoms with Crippen LogP contribution >= 0.6 is 0 Å². The van der Waals surface area contributed by atoms with Crippen LogP contribution in [0.25, 0.3) is 87.6 Å². The maximum Gasteiger partial charge on any atom is -0.00201 e. The average molecular weight is 583 g/mol. The van der Waals surface area contributed by atoms with Gasteiger partial charge in [-0.3, -0.25) is 0 Å². The fourth-order valence-corrected chi connectivity index (χ4v) is 7.32. The van der Waals surface area contributed by atoms with Gasteiger partial charge in [0.05, 0.1) is 0 Å². The van der Waals surface area contributed by atoms with E-state index in [0.717, 1.165) is 0 Å². The van der Waals surface area contributed by atoms with E-state index in [1.165, 1.54) is 87.6 Å². The molecule has 214 valence electrons. The molecule has 0 atom stereocenters. The van der Waals surface area contributed by atoms with Gasteiger partial charge in [-0.2, -0.15) is 0 Å². The monoisotopic (exact) mass is 582 g/mol. The number of hydrogen-bond donors (Lipinski definition) is 0. The quantitative estimate of drug-likeness (QED) is 0.181. The molecule has 0 heteroatoms. The molecule has 0 saturated carbocycles. The molecule has 0 heterocycles. The Morgan fingerprint density at radius 2 is 0.717 bits per heavy atom.